The van der Waals surface area contributed by atoms with Crippen LogP contribution in [0.5, 0.6) is 0 Å². The third kappa shape index (κ3) is 6.32. The lowest BCUT2D eigenvalue weighted by Gasteiger charge is -2.25. The van der Waals surface area contributed by atoms with Gasteiger partial charge in [0.15, 0.2) is 0 Å². The number of amides is 2. The third-order valence-corrected chi connectivity index (χ3v) is 8.69. The van der Waals surface area contributed by atoms with Gasteiger partial charge in [-0.15, -0.1) is 0 Å². The van der Waals surface area contributed by atoms with Crippen LogP contribution in [0.1, 0.15) is 60.8 Å². The van der Waals surface area contributed by atoms with E-state index in [-0.39, 0.29) is 43.9 Å². The highest BCUT2D eigenvalue weighted by atomic mass is 35.5. The van der Waals surface area contributed by atoms with Crippen molar-refractivity contribution in [2.45, 2.75) is 63.7 Å². The topological polar surface area (TPSA) is 113 Å². The molecule has 0 unspecified atom stereocenters. The summed E-state index contributed by atoms with van der Waals surface area (Å²) >= 11 is 6.48. The van der Waals surface area contributed by atoms with Crippen LogP contribution in [0.2, 0.25) is 5.02 Å². The maximum atomic E-state index is 13.7. The van der Waals surface area contributed by atoms with Crippen LogP contribution in [0, 0.1) is 0 Å². The lowest BCUT2D eigenvalue weighted by Crippen LogP contribution is -2.46. The predicted octanol–water partition coefficient (Wildman–Crippen LogP) is 4.85. The average Bonchev–Trinajstić information content (AvgIpc) is 3.56. The molecule has 2 saturated heterocycles. The number of ether oxygens (including phenoxy) is 1. The molecule has 3 aliphatic heterocycles. The quantitative estimate of drug-likeness (QED) is 0.365. The first kappa shape index (κ1) is 30.1. The zero-order valence-electron chi connectivity index (χ0n) is 24.5. The molecule has 3 aliphatic rings. The van der Waals surface area contributed by atoms with E-state index >= 15 is 0 Å². The first-order chi connectivity index (χ1) is 21.1. The van der Waals surface area contributed by atoms with E-state index in [2.05, 4.69) is 25.6 Å². The van der Waals surface area contributed by atoms with Crippen LogP contribution >= 0.6 is 11.6 Å². The van der Waals surface area contributed by atoms with Crippen molar-refractivity contribution >= 4 is 35.2 Å². The third-order valence-electron chi connectivity index (χ3n) is 8.41. The number of nitrogens with one attached hydrogen (secondary N) is 2. The monoisotopic (exact) mass is 625 g/mol. The summed E-state index contributed by atoms with van der Waals surface area (Å²) in [6.45, 7) is 4.95. The summed E-state index contributed by atoms with van der Waals surface area (Å²) in [6.07, 6.45) is 3.05. The van der Waals surface area contributed by atoms with Gasteiger partial charge in [0, 0.05) is 49.9 Å². The second-order valence-electron chi connectivity index (χ2n) is 11.6. The van der Waals surface area contributed by atoms with Gasteiger partial charge in [-0.2, -0.15) is 0 Å². The number of alkyl halides is 2. The normalized spacial score (nSPS) is 19.5. The van der Waals surface area contributed by atoms with Crippen LogP contribution in [0.4, 0.5) is 20.5 Å². The van der Waals surface area contributed by atoms with Crippen LogP contribution in [-0.2, 0) is 16.1 Å². The summed E-state index contributed by atoms with van der Waals surface area (Å²) in [6, 6.07) is 9.61. The molecule has 6 rings (SSSR count). The van der Waals surface area contributed by atoms with Gasteiger partial charge in [0.2, 0.25) is 11.9 Å². The first-order valence-corrected chi connectivity index (χ1v) is 15.2. The number of rotatable bonds is 8. The number of benzene rings is 1. The fourth-order valence-corrected chi connectivity index (χ4v) is 5.99. The Bertz CT molecular complexity index is 1570. The maximum absolute atomic E-state index is 13.7. The molecule has 1 aromatic carbocycles. The van der Waals surface area contributed by atoms with Gasteiger partial charge in [0.1, 0.15) is 11.9 Å². The van der Waals surface area contributed by atoms with Gasteiger partial charge >= 0.3 is 0 Å². The van der Waals surface area contributed by atoms with E-state index < -0.39 is 18.0 Å². The van der Waals surface area contributed by atoms with Crippen LogP contribution in [0.3, 0.4) is 0 Å². The molecule has 2 fully saturated rings. The second-order valence-corrected chi connectivity index (χ2v) is 12.0. The largest absolute Gasteiger partial charge is 0.381 e. The molecule has 5 heterocycles. The van der Waals surface area contributed by atoms with Crippen molar-refractivity contribution in [2.24, 2.45) is 0 Å². The van der Waals surface area contributed by atoms with Gasteiger partial charge in [0.05, 0.1) is 35.2 Å². The van der Waals surface area contributed by atoms with Crippen molar-refractivity contribution in [3.05, 3.63) is 64.4 Å². The molecule has 0 saturated carbocycles. The Morgan fingerprint density at radius 2 is 1.95 bits per heavy atom. The van der Waals surface area contributed by atoms with E-state index in [4.69, 9.17) is 16.3 Å². The molecule has 0 bridgehead atoms. The fourth-order valence-electron chi connectivity index (χ4n) is 5.78. The van der Waals surface area contributed by atoms with E-state index in [1.807, 2.05) is 12.1 Å². The predicted molar refractivity (Wildman–Crippen MR) is 162 cm³/mol. The molecular weight excluding hydrogens is 592 g/mol. The smallest absolute Gasteiger partial charge is 0.266 e. The van der Waals surface area contributed by atoms with Gasteiger partial charge in [-0.25, -0.2) is 23.7 Å². The van der Waals surface area contributed by atoms with E-state index in [0.29, 0.717) is 52.5 Å². The SMILES string of the molecule is C[C@H](C(=O)N[C@H](C)c1cccc(N2CCC(F)(F)C2)n1)N1Cc2ccc(-c3nc(NC4CCOCC4)ncc3Cl)cc2C1=O. The highest BCUT2D eigenvalue weighted by Gasteiger charge is 2.39. The number of hydrogen-bond acceptors (Lipinski definition) is 8. The standard InChI is InChI=1S/C31H34ClF2N7O3/c1-18(25-4-3-5-26(38-25)40-11-10-31(33,34)17-40)36-28(42)19(2)41-16-21-7-6-20(14-23(21)29(41)43)27-24(32)15-35-30(39-27)37-22-8-12-44-13-9-22/h3-7,14-15,18-19,22H,8-13,16-17H2,1-2H3,(H,36,42)(H,35,37,39)/t18-,19-/m1/s1. The summed E-state index contributed by atoms with van der Waals surface area (Å²) in [5.74, 6) is -2.44. The van der Waals surface area contributed by atoms with Gasteiger partial charge in [0.25, 0.3) is 11.8 Å². The molecular formula is C31H34ClF2N7O3. The number of pyridine rings is 1. The second kappa shape index (κ2) is 12.2. The minimum absolute atomic E-state index is 0.209. The molecule has 0 radical (unpaired) electrons. The summed E-state index contributed by atoms with van der Waals surface area (Å²) in [7, 11) is 0. The molecule has 2 N–H and O–H groups in total. The minimum atomic E-state index is -2.74. The molecule has 2 atom stereocenters. The van der Waals surface area contributed by atoms with Crippen molar-refractivity contribution in [2.75, 3.05) is 36.5 Å². The lowest BCUT2D eigenvalue weighted by atomic mass is 10.0. The number of fused-ring (bicyclic) bond motifs is 1. The van der Waals surface area contributed by atoms with E-state index in [9.17, 15) is 18.4 Å². The van der Waals surface area contributed by atoms with Gasteiger partial charge in [-0.1, -0.05) is 29.8 Å². The number of halogens is 3. The van der Waals surface area contributed by atoms with Crippen molar-refractivity contribution in [3.8, 4) is 11.3 Å². The van der Waals surface area contributed by atoms with Gasteiger partial charge < -0.3 is 25.2 Å². The summed E-state index contributed by atoms with van der Waals surface area (Å²) < 4.78 is 32.9. The summed E-state index contributed by atoms with van der Waals surface area (Å²) in [5, 5.41) is 6.63. The Hall–Kier alpha value is -3.90. The Kier molecular flexibility index (Phi) is 8.38. The van der Waals surface area contributed by atoms with E-state index in [1.54, 1.807) is 49.2 Å². The average molecular weight is 626 g/mol. The van der Waals surface area contributed by atoms with Gasteiger partial charge in [-0.05, 0) is 50.5 Å². The summed E-state index contributed by atoms with van der Waals surface area (Å²) in [5.41, 5.74) is 3.02. The minimum Gasteiger partial charge on any atom is -0.381 e. The van der Waals surface area contributed by atoms with Crippen molar-refractivity contribution in [1.82, 2.24) is 25.2 Å². The number of aromatic nitrogens is 3. The molecule has 2 aromatic heterocycles. The molecule has 13 heteroatoms. The number of carbonyl (C=O) groups is 2. The van der Waals surface area contributed by atoms with Crippen molar-refractivity contribution < 1.29 is 23.1 Å². The zero-order chi connectivity index (χ0) is 31.0. The molecule has 232 valence electrons. The van der Waals surface area contributed by atoms with Gasteiger partial charge in [-0.3, -0.25) is 9.59 Å². The van der Waals surface area contributed by atoms with E-state index in [1.165, 1.54) is 4.90 Å². The fraction of sp³-hybridized carbons (Fsp3) is 0.452. The van der Waals surface area contributed by atoms with Crippen LogP contribution < -0.4 is 15.5 Å². The molecule has 0 aliphatic carbocycles. The number of nitrogens with zero attached hydrogens (tertiary/aromatic N) is 5. The van der Waals surface area contributed by atoms with Crippen LogP contribution in [0.15, 0.2) is 42.6 Å². The van der Waals surface area contributed by atoms with Crippen molar-refractivity contribution in [1.29, 1.82) is 0 Å². The molecule has 10 nitrogen and oxygen atoms in total. The van der Waals surface area contributed by atoms with Crippen LogP contribution in [0.25, 0.3) is 11.3 Å². The van der Waals surface area contributed by atoms with Crippen LogP contribution in [-0.4, -0.2) is 76.0 Å². The number of anilines is 2. The lowest BCUT2D eigenvalue weighted by molar-refractivity contribution is -0.125. The Labute approximate surface area is 259 Å². The maximum Gasteiger partial charge on any atom is 0.266 e. The molecule has 0 spiro atoms. The molecule has 3 aromatic rings. The highest BCUT2D eigenvalue weighted by molar-refractivity contribution is 6.33. The Morgan fingerprint density at radius 1 is 1.16 bits per heavy atom. The van der Waals surface area contributed by atoms with Crippen molar-refractivity contribution in [3.63, 3.8) is 0 Å². The molecule has 2 amide bonds. The highest BCUT2D eigenvalue weighted by Crippen LogP contribution is 2.33. The number of hydrogen-bond donors (Lipinski definition) is 2. The summed E-state index contributed by atoms with van der Waals surface area (Å²) in [4.78, 5) is 43.4. The first-order valence-electron chi connectivity index (χ1n) is 14.8. The Balaban J connectivity index is 1.12. The molecule has 44 heavy (non-hydrogen) atoms. The zero-order valence-corrected chi connectivity index (χ0v) is 25.3. The Morgan fingerprint density at radius 3 is 2.70 bits per heavy atom. The number of carbonyl (C=O) groups excluding carboxylic acids is 2. The van der Waals surface area contributed by atoms with E-state index in [0.717, 1.165) is 18.4 Å².